The number of rotatable bonds is 4. The molecule has 116 valence electrons. The van der Waals surface area contributed by atoms with Crippen molar-refractivity contribution in [1.29, 1.82) is 0 Å². The molecule has 0 saturated carbocycles. The van der Waals surface area contributed by atoms with E-state index in [-0.39, 0.29) is 0 Å². The van der Waals surface area contributed by atoms with E-state index in [1.165, 1.54) is 11.3 Å². The third-order valence-electron chi connectivity index (χ3n) is 3.29. The third-order valence-corrected chi connectivity index (χ3v) is 4.66. The topological polar surface area (TPSA) is 29.0 Å². The van der Waals surface area contributed by atoms with Crippen molar-refractivity contribution in [2.75, 3.05) is 19.0 Å². The van der Waals surface area contributed by atoms with Gasteiger partial charge >= 0.3 is 0 Å². The first-order valence-electron chi connectivity index (χ1n) is 7.17. The highest BCUT2D eigenvalue weighted by Gasteiger charge is 2.02. The Morgan fingerprint density at radius 3 is 2.43 bits per heavy atom. The van der Waals surface area contributed by atoms with Crippen LogP contribution < -0.4 is 4.90 Å². The van der Waals surface area contributed by atoms with E-state index in [9.17, 15) is 0 Å². The van der Waals surface area contributed by atoms with Gasteiger partial charge in [-0.1, -0.05) is 41.7 Å². The molecule has 0 atom stereocenters. The van der Waals surface area contributed by atoms with Crippen molar-refractivity contribution in [2.45, 2.75) is 0 Å². The smallest absolute Gasteiger partial charge is 0.145 e. The largest absolute Gasteiger partial charge is 0.378 e. The number of allylic oxidation sites excluding steroid dienone is 2. The molecular weight excluding hydrogens is 370 g/mol. The lowest BCUT2D eigenvalue weighted by Crippen LogP contribution is -2.07. The fraction of sp³-hybridized carbons (Fsp3) is 0.111. The van der Waals surface area contributed by atoms with E-state index in [1.54, 1.807) is 11.3 Å². The summed E-state index contributed by atoms with van der Waals surface area (Å²) in [6, 6.07) is 12.3. The van der Waals surface area contributed by atoms with E-state index in [1.807, 2.05) is 44.5 Å². The Kier molecular flexibility index (Phi) is 4.88. The van der Waals surface area contributed by atoms with Gasteiger partial charge in [-0.25, -0.2) is 9.97 Å². The Bertz CT molecular complexity index is 864. The van der Waals surface area contributed by atoms with Gasteiger partial charge in [0.1, 0.15) is 20.0 Å². The van der Waals surface area contributed by atoms with Crippen LogP contribution in [-0.2, 0) is 0 Å². The summed E-state index contributed by atoms with van der Waals surface area (Å²) in [6.07, 6.45) is 8.12. The second-order valence-electron chi connectivity index (χ2n) is 5.21. The molecule has 2 heterocycles. The summed E-state index contributed by atoms with van der Waals surface area (Å²) in [6.45, 7) is 0. The number of benzene rings is 1. The summed E-state index contributed by atoms with van der Waals surface area (Å²) < 4.78 is 0.838. The molecule has 0 aliphatic carbocycles. The molecule has 2 aromatic heterocycles. The van der Waals surface area contributed by atoms with Gasteiger partial charge in [-0.2, -0.15) is 0 Å². The van der Waals surface area contributed by atoms with Crippen LogP contribution in [0.2, 0.25) is 0 Å². The van der Waals surface area contributed by atoms with E-state index in [0.717, 1.165) is 20.0 Å². The molecule has 0 unspecified atom stereocenters. The average Bonchev–Trinajstić information content (AvgIpc) is 2.94. The van der Waals surface area contributed by atoms with Crippen molar-refractivity contribution in [1.82, 2.24) is 9.97 Å². The second kappa shape index (κ2) is 7.06. The number of aromatic nitrogens is 2. The van der Waals surface area contributed by atoms with Crippen LogP contribution in [0.3, 0.4) is 0 Å². The number of anilines is 1. The van der Waals surface area contributed by atoms with Crippen LogP contribution in [0, 0.1) is 0 Å². The third kappa shape index (κ3) is 4.06. The Morgan fingerprint density at radius 2 is 1.70 bits per heavy atom. The maximum Gasteiger partial charge on any atom is 0.145 e. The molecule has 0 radical (unpaired) electrons. The predicted octanol–water partition coefficient (Wildman–Crippen LogP) is 5.25. The normalized spacial score (nSPS) is 11.8. The number of halogens is 1. The molecule has 5 heteroatoms. The van der Waals surface area contributed by atoms with Crippen molar-refractivity contribution in [3.63, 3.8) is 0 Å². The maximum absolute atomic E-state index is 4.54. The molecule has 0 fully saturated rings. The van der Waals surface area contributed by atoms with Crippen molar-refractivity contribution < 1.29 is 0 Å². The Morgan fingerprint density at radius 1 is 0.957 bits per heavy atom. The highest BCUT2D eigenvalue weighted by molar-refractivity contribution is 9.10. The van der Waals surface area contributed by atoms with Gasteiger partial charge in [0, 0.05) is 19.8 Å². The number of hydrogen-bond donors (Lipinski definition) is 0. The fourth-order valence-corrected chi connectivity index (χ4v) is 3.35. The van der Waals surface area contributed by atoms with Crippen LogP contribution in [0.4, 0.5) is 5.69 Å². The summed E-state index contributed by atoms with van der Waals surface area (Å²) in [5.41, 5.74) is 3.31. The Hall–Kier alpha value is -1.98. The monoisotopic (exact) mass is 385 g/mol. The standard InChI is InChI=1S/C18H16BrN3S/c1-22(2)14-9-7-13(8-10-14)5-3-4-6-17-20-15-11-12-16(19)21-18(15)23-17/h3-12H,1-2H3/b5-3+,6-4+. The van der Waals surface area contributed by atoms with Gasteiger partial charge < -0.3 is 4.90 Å². The zero-order chi connectivity index (χ0) is 16.2. The van der Waals surface area contributed by atoms with E-state index < -0.39 is 0 Å². The SMILES string of the molecule is CN(C)c1ccc(/C=C/C=C/c2nc3ccc(Br)nc3s2)cc1. The summed E-state index contributed by atoms with van der Waals surface area (Å²) >= 11 is 4.97. The van der Waals surface area contributed by atoms with Crippen LogP contribution in [0.5, 0.6) is 0 Å². The van der Waals surface area contributed by atoms with E-state index in [4.69, 9.17) is 0 Å². The second-order valence-corrected chi connectivity index (χ2v) is 7.04. The van der Waals surface area contributed by atoms with Crippen LogP contribution in [0.1, 0.15) is 10.6 Å². The quantitative estimate of drug-likeness (QED) is 0.453. The van der Waals surface area contributed by atoms with E-state index in [2.05, 4.69) is 61.1 Å². The molecule has 0 spiro atoms. The number of thiazole rings is 1. The summed E-state index contributed by atoms with van der Waals surface area (Å²) in [4.78, 5) is 12.0. The Balaban J connectivity index is 1.69. The van der Waals surface area contributed by atoms with Crippen molar-refractivity contribution in [2.24, 2.45) is 0 Å². The average molecular weight is 386 g/mol. The molecule has 0 amide bonds. The molecule has 1 aromatic carbocycles. The predicted molar refractivity (Wildman–Crippen MR) is 104 cm³/mol. The number of nitrogens with zero attached hydrogens (tertiary/aromatic N) is 3. The van der Waals surface area contributed by atoms with Crippen LogP contribution in [0.15, 0.2) is 53.2 Å². The van der Waals surface area contributed by atoms with Gasteiger partial charge in [-0.15, -0.1) is 0 Å². The summed E-state index contributed by atoms with van der Waals surface area (Å²) in [5, 5.41) is 0.957. The molecular formula is C18H16BrN3S. The summed E-state index contributed by atoms with van der Waals surface area (Å²) in [7, 11) is 4.08. The van der Waals surface area contributed by atoms with E-state index in [0.29, 0.717) is 0 Å². The lowest BCUT2D eigenvalue weighted by Gasteiger charge is -2.11. The maximum atomic E-state index is 4.54. The first kappa shape index (κ1) is 15.9. The van der Waals surface area contributed by atoms with Crippen LogP contribution in [0.25, 0.3) is 22.5 Å². The number of fused-ring (bicyclic) bond motifs is 1. The first-order chi connectivity index (χ1) is 11.1. The lowest BCUT2D eigenvalue weighted by molar-refractivity contribution is 1.13. The molecule has 3 aromatic rings. The molecule has 0 N–H and O–H groups in total. The lowest BCUT2D eigenvalue weighted by atomic mass is 10.2. The van der Waals surface area contributed by atoms with Gasteiger partial charge in [0.25, 0.3) is 0 Å². The van der Waals surface area contributed by atoms with Crippen molar-refractivity contribution in [3.8, 4) is 0 Å². The molecule has 0 saturated heterocycles. The van der Waals surface area contributed by atoms with Crippen molar-refractivity contribution >= 4 is 55.5 Å². The van der Waals surface area contributed by atoms with Gasteiger partial charge in [0.15, 0.2) is 0 Å². The Labute approximate surface area is 148 Å². The number of hydrogen-bond acceptors (Lipinski definition) is 4. The summed E-state index contributed by atoms with van der Waals surface area (Å²) in [5.74, 6) is 0. The number of pyridine rings is 1. The minimum atomic E-state index is 0.838. The molecule has 3 rings (SSSR count). The van der Waals surface area contributed by atoms with Crippen molar-refractivity contribution in [3.05, 3.63) is 63.7 Å². The highest BCUT2D eigenvalue weighted by Crippen LogP contribution is 2.23. The van der Waals surface area contributed by atoms with Crippen LogP contribution >= 0.6 is 27.3 Å². The zero-order valence-corrected chi connectivity index (χ0v) is 15.3. The minimum absolute atomic E-state index is 0.838. The molecule has 0 aliphatic rings. The molecule has 3 nitrogen and oxygen atoms in total. The van der Waals surface area contributed by atoms with E-state index >= 15 is 0 Å². The van der Waals surface area contributed by atoms with Gasteiger partial charge in [-0.05, 0) is 51.8 Å². The van der Waals surface area contributed by atoms with Crippen LogP contribution in [-0.4, -0.2) is 24.1 Å². The van der Waals surface area contributed by atoms with Gasteiger partial charge in [-0.3, -0.25) is 0 Å². The highest BCUT2D eigenvalue weighted by atomic mass is 79.9. The minimum Gasteiger partial charge on any atom is -0.378 e. The molecule has 23 heavy (non-hydrogen) atoms. The molecule has 0 bridgehead atoms. The molecule has 0 aliphatic heterocycles. The van der Waals surface area contributed by atoms with Gasteiger partial charge in [0.2, 0.25) is 0 Å². The fourth-order valence-electron chi connectivity index (χ4n) is 2.07. The van der Waals surface area contributed by atoms with Gasteiger partial charge in [0.05, 0.1) is 0 Å². The zero-order valence-electron chi connectivity index (χ0n) is 12.9. The first-order valence-corrected chi connectivity index (χ1v) is 8.78.